The SMILES string of the molecule is C=Cc1cc2cnnn2o1. The summed E-state index contributed by atoms with van der Waals surface area (Å²) in [5.41, 5.74) is 0.843. The summed E-state index contributed by atoms with van der Waals surface area (Å²) in [6, 6.07) is 1.81. The Hall–Kier alpha value is -1.58. The highest BCUT2D eigenvalue weighted by Gasteiger charge is 1.99. The van der Waals surface area contributed by atoms with Crippen LogP contribution in [-0.4, -0.2) is 15.0 Å². The van der Waals surface area contributed by atoms with Crippen LogP contribution in [0.15, 0.2) is 23.4 Å². The van der Waals surface area contributed by atoms with Crippen LogP contribution in [0.25, 0.3) is 11.6 Å². The molecule has 0 atom stereocenters. The van der Waals surface area contributed by atoms with Crippen molar-refractivity contribution in [2.45, 2.75) is 0 Å². The van der Waals surface area contributed by atoms with Gasteiger partial charge in [0.05, 0.1) is 6.20 Å². The molecule has 4 nitrogen and oxygen atoms in total. The maximum absolute atomic E-state index is 5.08. The molecule has 0 aliphatic rings. The number of rotatable bonds is 1. The number of hydrogen-bond acceptors (Lipinski definition) is 3. The zero-order valence-electron chi connectivity index (χ0n) is 5.19. The van der Waals surface area contributed by atoms with E-state index in [4.69, 9.17) is 4.52 Å². The van der Waals surface area contributed by atoms with Gasteiger partial charge in [-0.2, -0.15) is 0 Å². The van der Waals surface area contributed by atoms with Crippen LogP contribution in [0, 0.1) is 0 Å². The van der Waals surface area contributed by atoms with E-state index in [2.05, 4.69) is 16.9 Å². The van der Waals surface area contributed by atoms with Gasteiger partial charge in [-0.1, -0.05) is 11.3 Å². The van der Waals surface area contributed by atoms with Crippen molar-refractivity contribution in [1.82, 2.24) is 15.0 Å². The number of hydrogen-bond donors (Lipinski definition) is 0. The fourth-order valence-electron chi connectivity index (χ4n) is 0.764. The van der Waals surface area contributed by atoms with Crippen LogP contribution in [0.3, 0.4) is 0 Å². The van der Waals surface area contributed by atoms with Gasteiger partial charge in [0.25, 0.3) is 0 Å². The molecule has 0 radical (unpaired) electrons. The van der Waals surface area contributed by atoms with Crippen molar-refractivity contribution >= 4 is 11.6 Å². The molecule has 2 rings (SSSR count). The van der Waals surface area contributed by atoms with Crippen molar-refractivity contribution in [3.63, 3.8) is 0 Å². The number of aromatic nitrogens is 3. The standard InChI is InChI=1S/C6H5N3O/c1-2-6-3-5-4-7-8-9(5)10-6/h2-4H,1H2. The quantitative estimate of drug-likeness (QED) is 0.585. The van der Waals surface area contributed by atoms with Gasteiger partial charge in [-0.05, 0) is 11.3 Å². The molecule has 0 unspecified atom stereocenters. The molecule has 50 valence electrons. The van der Waals surface area contributed by atoms with E-state index < -0.39 is 0 Å². The monoisotopic (exact) mass is 135 g/mol. The zero-order valence-corrected chi connectivity index (χ0v) is 5.19. The Morgan fingerprint density at radius 1 is 1.70 bits per heavy atom. The van der Waals surface area contributed by atoms with Crippen LogP contribution in [-0.2, 0) is 0 Å². The summed E-state index contributed by atoms with van der Waals surface area (Å²) in [7, 11) is 0. The maximum atomic E-state index is 5.08. The van der Waals surface area contributed by atoms with E-state index in [0.29, 0.717) is 5.76 Å². The van der Waals surface area contributed by atoms with E-state index in [9.17, 15) is 0 Å². The summed E-state index contributed by atoms with van der Waals surface area (Å²) in [4.78, 5) is 0. The van der Waals surface area contributed by atoms with E-state index in [1.807, 2.05) is 6.07 Å². The predicted octanol–water partition coefficient (Wildman–Crippen LogP) is 0.965. The van der Waals surface area contributed by atoms with Crippen molar-refractivity contribution in [2.75, 3.05) is 0 Å². The molecule has 0 spiro atoms. The Morgan fingerprint density at radius 3 is 3.30 bits per heavy atom. The summed E-state index contributed by atoms with van der Waals surface area (Å²) in [5.74, 6) is 0.699. The van der Waals surface area contributed by atoms with Crippen LogP contribution in [0.1, 0.15) is 5.76 Å². The topological polar surface area (TPSA) is 43.3 Å². The molecule has 0 aromatic carbocycles. The van der Waals surface area contributed by atoms with Crippen molar-refractivity contribution in [2.24, 2.45) is 0 Å². The van der Waals surface area contributed by atoms with Crippen LogP contribution in [0.4, 0.5) is 0 Å². The Morgan fingerprint density at radius 2 is 2.60 bits per heavy atom. The first kappa shape index (κ1) is 5.22. The molecule has 0 saturated carbocycles. The van der Waals surface area contributed by atoms with E-state index in [1.54, 1.807) is 12.3 Å². The molecule has 2 aromatic rings. The molecule has 2 heterocycles. The van der Waals surface area contributed by atoms with Crippen LogP contribution in [0.5, 0.6) is 0 Å². The van der Waals surface area contributed by atoms with Crippen LogP contribution in [0.2, 0.25) is 0 Å². The highest BCUT2D eigenvalue weighted by Crippen LogP contribution is 2.07. The van der Waals surface area contributed by atoms with E-state index in [-0.39, 0.29) is 0 Å². The van der Waals surface area contributed by atoms with Crippen LogP contribution >= 0.6 is 0 Å². The average molecular weight is 135 g/mol. The summed E-state index contributed by atoms with van der Waals surface area (Å²) >= 11 is 0. The Balaban J connectivity index is 2.78. The van der Waals surface area contributed by atoms with Crippen LogP contribution < -0.4 is 0 Å². The third kappa shape index (κ3) is 0.556. The van der Waals surface area contributed by atoms with Gasteiger partial charge in [0, 0.05) is 6.07 Å². The number of fused-ring (bicyclic) bond motifs is 1. The molecule has 0 bridgehead atoms. The maximum Gasteiger partial charge on any atom is 0.159 e. The average Bonchev–Trinajstić information content (AvgIpc) is 2.42. The predicted molar refractivity (Wildman–Crippen MR) is 35.3 cm³/mol. The molecule has 0 N–H and O–H groups in total. The minimum atomic E-state index is 0.699. The zero-order chi connectivity index (χ0) is 6.97. The van der Waals surface area contributed by atoms with Crippen molar-refractivity contribution in [3.05, 3.63) is 24.6 Å². The van der Waals surface area contributed by atoms with Gasteiger partial charge in [-0.3, -0.25) is 0 Å². The third-order valence-corrected chi connectivity index (χ3v) is 1.23. The van der Waals surface area contributed by atoms with Crippen molar-refractivity contribution in [1.29, 1.82) is 0 Å². The molecule has 0 fully saturated rings. The molecular formula is C6H5N3O. The van der Waals surface area contributed by atoms with Gasteiger partial charge in [-0.15, -0.1) is 5.10 Å². The second-order valence-corrected chi connectivity index (χ2v) is 1.87. The lowest BCUT2D eigenvalue weighted by atomic mass is 10.4. The molecule has 4 heteroatoms. The van der Waals surface area contributed by atoms with Crippen molar-refractivity contribution in [3.8, 4) is 0 Å². The lowest BCUT2D eigenvalue weighted by Gasteiger charge is -1.76. The summed E-state index contributed by atoms with van der Waals surface area (Å²) in [5, 5.41) is 7.26. The first-order chi connectivity index (χ1) is 4.90. The normalized spacial score (nSPS) is 10.4. The second-order valence-electron chi connectivity index (χ2n) is 1.87. The van der Waals surface area contributed by atoms with E-state index in [1.165, 1.54) is 4.69 Å². The molecule has 2 aromatic heterocycles. The number of nitrogens with zero attached hydrogens (tertiary/aromatic N) is 3. The third-order valence-electron chi connectivity index (χ3n) is 1.23. The minimum Gasteiger partial charge on any atom is -0.356 e. The molecule has 0 saturated heterocycles. The Labute approximate surface area is 56.7 Å². The Kier molecular flexibility index (Phi) is 0.887. The fourth-order valence-corrected chi connectivity index (χ4v) is 0.764. The van der Waals surface area contributed by atoms with Crippen molar-refractivity contribution < 1.29 is 4.52 Å². The summed E-state index contributed by atoms with van der Waals surface area (Å²) in [6.07, 6.45) is 3.24. The molecule has 10 heavy (non-hydrogen) atoms. The highest BCUT2D eigenvalue weighted by atomic mass is 16.5. The van der Waals surface area contributed by atoms with E-state index in [0.717, 1.165) is 5.52 Å². The highest BCUT2D eigenvalue weighted by molar-refractivity contribution is 5.51. The lowest BCUT2D eigenvalue weighted by Crippen LogP contribution is -1.78. The summed E-state index contributed by atoms with van der Waals surface area (Å²) in [6.45, 7) is 3.55. The second kappa shape index (κ2) is 1.70. The molecule has 0 aliphatic carbocycles. The fraction of sp³-hybridized carbons (Fsp3) is 0. The smallest absolute Gasteiger partial charge is 0.159 e. The molecular weight excluding hydrogens is 130 g/mol. The minimum absolute atomic E-state index is 0.699. The van der Waals surface area contributed by atoms with E-state index >= 15 is 0 Å². The largest absolute Gasteiger partial charge is 0.356 e. The Bertz CT molecular complexity index is 331. The van der Waals surface area contributed by atoms with Gasteiger partial charge >= 0.3 is 0 Å². The van der Waals surface area contributed by atoms with Gasteiger partial charge in [0.1, 0.15) is 5.52 Å². The van der Waals surface area contributed by atoms with Gasteiger partial charge < -0.3 is 4.52 Å². The molecule has 0 amide bonds. The first-order valence-electron chi connectivity index (χ1n) is 2.83. The molecule has 0 aliphatic heterocycles. The van der Waals surface area contributed by atoms with Gasteiger partial charge in [-0.25, -0.2) is 0 Å². The van der Waals surface area contributed by atoms with Gasteiger partial charge in [0.15, 0.2) is 5.76 Å². The first-order valence-corrected chi connectivity index (χ1v) is 2.83. The lowest BCUT2D eigenvalue weighted by molar-refractivity contribution is 0.324. The van der Waals surface area contributed by atoms with Gasteiger partial charge in [0.2, 0.25) is 0 Å². The summed E-state index contributed by atoms with van der Waals surface area (Å²) < 4.78 is 6.43.